The molecule has 0 amide bonds. The molecule has 1 aliphatic heterocycles. The maximum Gasteiger partial charge on any atom is 0.163 e. The lowest BCUT2D eigenvalue weighted by Gasteiger charge is -2.32. The number of nitrogens with zero attached hydrogens (tertiary/aromatic N) is 3. The summed E-state index contributed by atoms with van der Waals surface area (Å²) in [5, 5.41) is 0. The Balaban J connectivity index is 1.15. The van der Waals surface area contributed by atoms with E-state index in [1.165, 1.54) is 39.0 Å². The zero-order valence-corrected chi connectivity index (χ0v) is 25.9. The smallest absolute Gasteiger partial charge is 0.163 e. The summed E-state index contributed by atoms with van der Waals surface area (Å²) in [5.74, 6) is 3.57. The number of aryl methyl sites for hydroxylation is 1. The molecule has 0 radical (unpaired) electrons. The number of ether oxygens (including phenoxy) is 1. The van der Waals surface area contributed by atoms with Crippen LogP contribution in [-0.4, -0.2) is 27.2 Å². The van der Waals surface area contributed by atoms with Gasteiger partial charge in [0.25, 0.3) is 0 Å². The third-order valence-electron chi connectivity index (χ3n) is 10.7. The molecule has 0 bridgehead atoms. The van der Waals surface area contributed by atoms with Crippen LogP contribution in [0.15, 0.2) is 108 Å². The van der Waals surface area contributed by atoms with Crippen molar-refractivity contribution >= 4 is 23.3 Å². The zero-order chi connectivity index (χ0) is 30.1. The minimum Gasteiger partial charge on any atom is -0.365 e. The van der Waals surface area contributed by atoms with Crippen LogP contribution in [0.3, 0.4) is 0 Å². The van der Waals surface area contributed by atoms with Gasteiger partial charge in [-0.1, -0.05) is 104 Å². The predicted octanol–water partition coefficient (Wildman–Crippen LogP) is 8.60. The molecule has 1 aromatic carbocycles. The van der Waals surface area contributed by atoms with E-state index in [-0.39, 0.29) is 23.5 Å². The van der Waals surface area contributed by atoms with Gasteiger partial charge in [-0.25, -0.2) is 15.0 Å². The van der Waals surface area contributed by atoms with Gasteiger partial charge >= 0.3 is 0 Å². The topological polar surface area (TPSA) is 47.9 Å². The number of allylic oxidation sites excluding steroid dienone is 14. The summed E-state index contributed by atoms with van der Waals surface area (Å²) in [6.07, 6.45) is 39.6. The molecule has 4 heteroatoms. The number of hydrogen-bond acceptors (Lipinski definition) is 4. The van der Waals surface area contributed by atoms with Crippen molar-refractivity contribution in [3.05, 3.63) is 148 Å². The number of fused-ring (bicyclic) bond motifs is 8. The van der Waals surface area contributed by atoms with Gasteiger partial charge in [-0.3, -0.25) is 0 Å². The standard InChI is InChI=1S/C41H37N3O/c1-25-9-8-10-27-16-18-30-32(37(25)27)19-15-26-13-14-28(23-33(26)30)38-42-39(44-40(43-38)41(2)21-6-3-7-22-41)29-17-20-36-34(24-29)31-11-4-5-12-35(31)45-36/h3-12,15-19,21,23-25,31,35-37H,13-14,20,22H2,1-2H3/t25-,31+,35?,36?,37?,41+/m0/s1. The van der Waals surface area contributed by atoms with Crippen molar-refractivity contribution in [3.8, 4) is 0 Å². The van der Waals surface area contributed by atoms with Gasteiger partial charge in [0.05, 0.1) is 12.2 Å². The monoisotopic (exact) mass is 587 g/mol. The highest BCUT2D eigenvalue weighted by Gasteiger charge is 2.39. The van der Waals surface area contributed by atoms with Crippen molar-refractivity contribution in [2.75, 3.05) is 0 Å². The van der Waals surface area contributed by atoms with E-state index in [0.717, 1.165) is 48.7 Å². The molecule has 9 rings (SSSR count). The summed E-state index contributed by atoms with van der Waals surface area (Å²) in [5.41, 5.74) is 10.2. The number of aromatic nitrogens is 3. The Morgan fingerprint density at radius 1 is 0.867 bits per heavy atom. The van der Waals surface area contributed by atoms with Gasteiger partial charge in [0, 0.05) is 22.8 Å². The zero-order valence-electron chi connectivity index (χ0n) is 25.9. The van der Waals surface area contributed by atoms with Crippen LogP contribution < -0.4 is 0 Å². The van der Waals surface area contributed by atoms with Crippen LogP contribution in [0, 0.1) is 11.8 Å². The summed E-state index contributed by atoms with van der Waals surface area (Å²) in [4.78, 5) is 15.7. The molecule has 2 aromatic rings. The van der Waals surface area contributed by atoms with Gasteiger partial charge in [0.1, 0.15) is 5.82 Å². The first kappa shape index (κ1) is 26.9. The molecular weight excluding hydrogens is 550 g/mol. The second-order valence-corrected chi connectivity index (χ2v) is 13.7. The fourth-order valence-corrected chi connectivity index (χ4v) is 8.20. The maximum absolute atomic E-state index is 6.38. The van der Waals surface area contributed by atoms with Crippen LogP contribution in [-0.2, 0) is 16.6 Å². The number of rotatable bonds is 3. The fourth-order valence-electron chi connectivity index (χ4n) is 8.20. The molecule has 7 aliphatic rings. The van der Waals surface area contributed by atoms with Crippen LogP contribution in [0.4, 0.5) is 0 Å². The van der Waals surface area contributed by atoms with E-state index in [2.05, 4.69) is 123 Å². The van der Waals surface area contributed by atoms with Crippen molar-refractivity contribution in [1.82, 2.24) is 15.0 Å². The quantitative estimate of drug-likeness (QED) is 0.361. The molecule has 45 heavy (non-hydrogen) atoms. The first-order valence-corrected chi connectivity index (χ1v) is 16.5. The van der Waals surface area contributed by atoms with E-state index in [0.29, 0.717) is 11.8 Å². The van der Waals surface area contributed by atoms with E-state index >= 15 is 0 Å². The van der Waals surface area contributed by atoms with Gasteiger partial charge in [0.15, 0.2) is 11.6 Å². The predicted molar refractivity (Wildman–Crippen MR) is 182 cm³/mol. The summed E-state index contributed by atoms with van der Waals surface area (Å²) < 4.78 is 6.38. The Labute approximate surface area is 265 Å². The lowest BCUT2D eigenvalue weighted by molar-refractivity contribution is 0.0740. The summed E-state index contributed by atoms with van der Waals surface area (Å²) in [7, 11) is 0. The molecule has 6 atom stereocenters. The SMILES string of the molecule is C[C@H]1C=CC=C2C=Cc3c(ccc4c3C=C(c3nc(C5=CCC6OC7C=CC=C[C@@H]7C6=C5)nc([C@]5(C)C=CC=CC5)n3)CC4)C21. The molecule has 1 saturated heterocycles. The molecule has 3 unspecified atom stereocenters. The third-order valence-corrected chi connectivity index (χ3v) is 10.7. The molecule has 0 N–H and O–H groups in total. The minimum absolute atomic E-state index is 0.119. The Morgan fingerprint density at radius 2 is 1.78 bits per heavy atom. The summed E-state index contributed by atoms with van der Waals surface area (Å²) in [6, 6.07) is 4.73. The second kappa shape index (κ2) is 10.3. The number of benzene rings is 1. The van der Waals surface area contributed by atoms with Crippen molar-refractivity contribution in [1.29, 1.82) is 0 Å². The van der Waals surface area contributed by atoms with E-state index in [4.69, 9.17) is 19.7 Å². The Morgan fingerprint density at radius 3 is 2.69 bits per heavy atom. The maximum atomic E-state index is 6.38. The molecule has 222 valence electrons. The van der Waals surface area contributed by atoms with Crippen LogP contribution in [0.5, 0.6) is 0 Å². The third kappa shape index (κ3) is 4.41. The largest absolute Gasteiger partial charge is 0.365 e. The van der Waals surface area contributed by atoms with Crippen LogP contribution in [0.1, 0.15) is 78.8 Å². The average Bonchev–Trinajstić information content (AvgIpc) is 3.46. The van der Waals surface area contributed by atoms with Gasteiger partial charge in [-0.05, 0) is 89.7 Å². The van der Waals surface area contributed by atoms with Gasteiger partial charge in [-0.15, -0.1) is 0 Å². The molecule has 1 fully saturated rings. The van der Waals surface area contributed by atoms with Crippen molar-refractivity contribution in [2.45, 2.75) is 63.1 Å². The molecular formula is C41H37N3O. The fraction of sp³-hybridized carbons (Fsp3) is 0.293. The molecule has 1 aromatic heterocycles. The van der Waals surface area contributed by atoms with Crippen molar-refractivity contribution in [3.63, 3.8) is 0 Å². The summed E-state index contributed by atoms with van der Waals surface area (Å²) >= 11 is 0. The first-order valence-electron chi connectivity index (χ1n) is 16.5. The highest BCUT2D eigenvalue weighted by molar-refractivity contribution is 5.87. The van der Waals surface area contributed by atoms with Crippen LogP contribution in [0.25, 0.3) is 23.3 Å². The molecule has 0 spiro atoms. The Hall–Kier alpha value is -4.41. The van der Waals surface area contributed by atoms with Crippen LogP contribution >= 0.6 is 0 Å². The highest BCUT2D eigenvalue weighted by atomic mass is 16.5. The summed E-state index contributed by atoms with van der Waals surface area (Å²) in [6.45, 7) is 4.57. The van der Waals surface area contributed by atoms with Crippen LogP contribution in [0.2, 0.25) is 0 Å². The van der Waals surface area contributed by atoms with E-state index in [1.807, 2.05) is 0 Å². The lowest BCUT2D eigenvalue weighted by Crippen LogP contribution is -2.25. The average molecular weight is 588 g/mol. The lowest BCUT2D eigenvalue weighted by atomic mass is 9.72. The van der Waals surface area contributed by atoms with E-state index in [1.54, 1.807) is 0 Å². The van der Waals surface area contributed by atoms with Gasteiger partial charge < -0.3 is 4.74 Å². The van der Waals surface area contributed by atoms with E-state index < -0.39 is 0 Å². The Kier molecular flexibility index (Phi) is 6.18. The first-order chi connectivity index (χ1) is 22.0. The van der Waals surface area contributed by atoms with Gasteiger partial charge in [0.2, 0.25) is 0 Å². The Bertz CT molecular complexity index is 1940. The highest BCUT2D eigenvalue weighted by Crippen LogP contribution is 2.46. The molecule has 4 nitrogen and oxygen atoms in total. The molecule has 0 saturated carbocycles. The van der Waals surface area contributed by atoms with Crippen molar-refractivity contribution < 1.29 is 4.74 Å². The minimum atomic E-state index is -0.285. The second-order valence-electron chi connectivity index (χ2n) is 13.7. The molecule has 2 heterocycles. The molecule has 6 aliphatic carbocycles. The van der Waals surface area contributed by atoms with Gasteiger partial charge in [-0.2, -0.15) is 0 Å². The van der Waals surface area contributed by atoms with Crippen molar-refractivity contribution in [2.24, 2.45) is 11.8 Å². The van der Waals surface area contributed by atoms with E-state index in [9.17, 15) is 0 Å². The number of hydrogen-bond donors (Lipinski definition) is 0. The normalized spacial score (nSPS) is 31.6.